The molecule has 2 aromatic rings. The Hall–Kier alpha value is -2.27. The molecule has 0 aliphatic rings. The van der Waals surface area contributed by atoms with E-state index in [0.29, 0.717) is 0 Å². The van der Waals surface area contributed by atoms with Crippen molar-refractivity contribution in [3.05, 3.63) is 58.2 Å². The summed E-state index contributed by atoms with van der Waals surface area (Å²) >= 11 is 0. The fourth-order valence-electron chi connectivity index (χ4n) is 1.91. The molecule has 0 radical (unpaired) electrons. The van der Waals surface area contributed by atoms with Crippen LogP contribution in [0.25, 0.3) is 0 Å². The number of hydrogen-bond acceptors (Lipinski definition) is 0. The monoisotopic (exact) mass is 404 g/mol. The molecular formula is C15H3F10P. The van der Waals surface area contributed by atoms with E-state index in [4.69, 9.17) is 0 Å². The molecule has 138 valence electrons. The zero-order valence-electron chi connectivity index (χ0n) is 12.2. The third-order valence-corrected chi connectivity index (χ3v) is 5.17. The Balaban J connectivity index is 2.98. The molecule has 0 N–H and O–H groups in total. The summed E-state index contributed by atoms with van der Waals surface area (Å²) in [7, 11) is -3.48. The number of halogens is 10. The molecule has 0 unspecified atom stereocenters. The lowest BCUT2D eigenvalue weighted by Gasteiger charge is -2.17. The van der Waals surface area contributed by atoms with Crippen molar-refractivity contribution in [1.29, 1.82) is 0 Å². The van der Waals surface area contributed by atoms with E-state index in [9.17, 15) is 43.9 Å². The number of hydrogen-bond donors (Lipinski definition) is 0. The van der Waals surface area contributed by atoms with Crippen molar-refractivity contribution >= 4 is 18.5 Å². The first-order valence-electron chi connectivity index (χ1n) is 6.31. The largest absolute Gasteiger partial charge is 0.203 e. The first-order chi connectivity index (χ1) is 12.1. The Morgan fingerprint density at radius 1 is 0.462 bits per heavy atom. The van der Waals surface area contributed by atoms with Crippen LogP contribution in [0.2, 0.25) is 0 Å². The van der Waals surface area contributed by atoms with Crippen molar-refractivity contribution in [2.45, 2.75) is 6.92 Å². The first kappa shape index (κ1) is 20.0. The summed E-state index contributed by atoms with van der Waals surface area (Å²) in [5.74, 6) is -22.9. The van der Waals surface area contributed by atoms with Crippen LogP contribution in [-0.2, 0) is 0 Å². The van der Waals surface area contributed by atoms with Crippen molar-refractivity contribution in [3.8, 4) is 11.6 Å². The van der Waals surface area contributed by atoms with Crippen molar-refractivity contribution in [3.63, 3.8) is 0 Å². The molecule has 0 amide bonds. The summed E-state index contributed by atoms with van der Waals surface area (Å²) < 4.78 is 135. The van der Waals surface area contributed by atoms with Gasteiger partial charge in [0.25, 0.3) is 0 Å². The second-order valence-corrected chi connectivity index (χ2v) is 6.32. The van der Waals surface area contributed by atoms with E-state index in [0.717, 1.165) is 6.92 Å². The summed E-state index contributed by atoms with van der Waals surface area (Å²) in [5, 5.41) is -3.57. The van der Waals surface area contributed by atoms with Crippen LogP contribution in [0.3, 0.4) is 0 Å². The van der Waals surface area contributed by atoms with Crippen molar-refractivity contribution < 1.29 is 43.9 Å². The van der Waals surface area contributed by atoms with Gasteiger partial charge in [-0.1, -0.05) is 5.66 Å². The van der Waals surface area contributed by atoms with E-state index in [1.807, 2.05) is 5.92 Å². The van der Waals surface area contributed by atoms with Gasteiger partial charge in [-0.05, 0) is 6.92 Å². The summed E-state index contributed by atoms with van der Waals surface area (Å²) in [6.07, 6.45) is 0. The highest BCUT2D eigenvalue weighted by atomic mass is 31.1. The van der Waals surface area contributed by atoms with Crippen LogP contribution in [-0.4, -0.2) is 0 Å². The van der Waals surface area contributed by atoms with Gasteiger partial charge in [0, 0.05) is 7.92 Å². The molecule has 0 aromatic heterocycles. The SMILES string of the molecule is CC#CP(c1c(F)c(F)c(F)c(F)c1F)c1c(F)c(F)c(F)c(F)c1F. The van der Waals surface area contributed by atoms with Gasteiger partial charge in [0.05, 0.1) is 10.6 Å². The minimum Gasteiger partial charge on any atom is -0.203 e. The summed E-state index contributed by atoms with van der Waals surface area (Å²) in [6.45, 7) is 0.966. The van der Waals surface area contributed by atoms with Crippen LogP contribution in [0.5, 0.6) is 0 Å². The molecule has 26 heavy (non-hydrogen) atoms. The van der Waals surface area contributed by atoms with Crippen molar-refractivity contribution in [1.82, 2.24) is 0 Å². The van der Waals surface area contributed by atoms with Crippen LogP contribution in [0.1, 0.15) is 6.92 Å². The topological polar surface area (TPSA) is 0 Å². The lowest BCUT2D eigenvalue weighted by molar-refractivity contribution is 0.383. The maximum Gasteiger partial charge on any atom is 0.200 e. The Morgan fingerprint density at radius 2 is 0.692 bits per heavy atom. The van der Waals surface area contributed by atoms with E-state index in [-0.39, 0.29) is 0 Å². The standard InChI is InChI=1S/C15H3F10P/c1-2-3-26(14-10(22)6(18)4(16)7(19)11(14)23)15-12(24)8(20)5(17)9(21)13(15)25/h1H3. The second-order valence-electron chi connectivity index (χ2n) is 4.53. The third-order valence-electron chi connectivity index (χ3n) is 3.04. The van der Waals surface area contributed by atoms with E-state index < -0.39 is 76.7 Å². The molecule has 0 aliphatic carbocycles. The molecular weight excluding hydrogens is 401 g/mol. The number of rotatable bonds is 2. The predicted octanol–water partition coefficient (Wildman–Crippen LogP) is 4.49. The molecule has 0 saturated carbocycles. The van der Waals surface area contributed by atoms with Crippen LogP contribution >= 0.6 is 7.92 Å². The average molecular weight is 404 g/mol. The maximum atomic E-state index is 13.9. The normalized spacial score (nSPS) is 10.9. The third kappa shape index (κ3) is 2.90. The van der Waals surface area contributed by atoms with E-state index in [1.54, 1.807) is 5.66 Å². The quantitative estimate of drug-likeness (QED) is 0.228. The lowest BCUT2D eigenvalue weighted by Crippen LogP contribution is -2.28. The highest BCUT2D eigenvalue weighted by Gasteiger charge is 2.36. The molecule has 0 atom stereocenters. The molecule has 11 heteroatoms. The van der Waals surface area contributed by atoms with Gasteiger partial charge in [-0.3, -0.25) is 0 Å². The minimum absolute atomic E-state index is 0.966. The first-order valence-corrected chi connectivity index (χ1v) is 7.65. The Labute approximate surface area is 140 Å². The van der Waals surface area contributed by atoms with Gasteiger partial charge in [-0.2, -0.15) is 0 Å². The summed E-state index contributed by atoms with van der Waals surface area (Å²) in [5.41, 5.74) is 1.77. The molecule has 2 aromatic carbocycles. The van der Waals surface area contributed by atoms with Crippen molar-refractivity contribution in [2.75, 3.05) is 0 Å². The lowest BCUT2D eigenvalue weighted by atomic mass is 10.3. The average Bonchev–Trinajstić information content (AvgIpc) is 2.61. The van der Waals surface area contributed by atoms with Crippen LogP contribution in [0.15, 0.2) is 0 Å². The maximum absolute atomic E-state index is 13.9. The van der Waals surface area contributed by atoms with Crippen LogP contribution in [0.4, 0.5) is 43.9 Å². The summed E-state index contributed by atoms with van der Waals surface area (Å²) in [6, 6.07) is 0. The zero-order valence-corrected chi connectivity index (χ0v) is 13.1. The van der Waals surface area contributed by atoms with Gasteiger partial charge in [-0.15, -0.1) is 5.92 Å². The zero-order chi connectivity index (χ0) is 19.9. The fraction of sp³-hybridized carbons (Fsp3) is 0.0667. The van der Waals surface area contributed by atoms with Crippen molar-refractivity contribution in [2.24, 2.45) is 0 Å². The van der Waals surface area contributed by atoms with E-state index >= 15 is 0 Å². The van der Waals surface area contributed by atoms with E-state index in [1.165, 1.54) is 0 Å². The molecule has 0 fully saturated rings. The van der Waals surface area contributed by atoms with Gasteiger partial charge in [0.2, 0.25) is 11.6 Å². The van der Waals surface area contributed by atoms with Gasteiger partial charge in [-0.25, -0.2) is 43.9 Å². The second kappa shape index (κ2) is 7.16. The molecule has 2 rings (SSSR count). The van der Waals surface area contributed by atoms with Gasteiger partial charge >= 0.3 is 0 Å². The van der Waals surface area contributed by atoms with Crippen LogP contribution < -0.4 is 10.6 Å². The smallest absolute Gasteiger partial charge is 0.200 e. The number of benzene rings is 2. The molecule has 0 nitrogen and oxygen atoms in total. The van der Waals surface area contributed by atoms with Gasteiger partial charge in [0.1, 0.15) is 0 Å². The van der Waals surface area contributed by atoms with Gasteiger partial charge in [0.15, 0.2) is 46.5 Å². The highest BCUT2D eigenvalue weighted by molar-refractivity contribution is 7.77. The molecule has 0 bridgehead atoms. The predicted molar refractivity (Wildman–Crippen MR) is 72.1 cm³/mol. The highest BCUT2D eigenvalue weighted by Crippen LogP contribution is 2.39. The van der Waals surface area contributed by atoms with Gasteiger partial charge < -0.3 is 0 Å². The van der Waals surface area contributed by atoms with Crippen LogP contribution in [0, 0.1) is 69.8 Å². The Morgan fingerprint density at radius 3 is 0.923 bits per heavy atom. The molecule has 0 saturated heterocycles. The summed E-state index contributed by atoms with van der Waals surface area (Å²) in [4.78, 5) is 0. The Bertz CT molecular complexity index is 846. The van der Waals surface area contributed by atoms with E-state index in [2.05, 4.69) is 0 Å². The molecule has 0 heterocycles. The fourth-order valence-corrected chi connectivity index (χ4v) is 3.76. The molecule has 0 spiro atoms. The molecule has 0 aliphatic heterocycles. The minimum atomic E-state index is -3.48. The Kier molecular flexibility index (Phi) is 5.52.